The number of halogens is 3. The Bertz CT molecular complexity index is 1610. The molecule has 1 saturated heterocycles. The summed E-state index contributed by atoms with van der Waals surface area (Å²) in [5.41, 5.74) is 0.816. The number of hydrogen-bond acceptors (Lipinski definition) is 4. The zero-order chi connectivity index (χ0) is 27.0. The molecular formula is C29H31F3N6O. The van der Waals surface area contributed by atoms with Gasteiger partial charge in [0.1, 0.15) is 17.7 Å². The van der Waals surface area contributed by atoms with Gasteiger partial charge in [0.25, 0.3) is 5.56 Å². The van der Waals surface area contributed by atoms with Crippen molar-refractivity contribution in [1.29, 1.82) is 0 Å². The van der Waals surface area contributed by atoms with E-state index in [4.69, 9.17) is 0 Å². The van der Waals surface area contributed by atoms with Gasteiger partial charge in [0, 0.05) is 36.6 Å². The lowest BCUT2D eigenvalue weighted by Crippen LogP contribution is -2.38. The van der Waals surface area contributed by atoms with Crippen LogP contribution in [0.4, 0.5) is 13.2 Å². The summed E-state index contributed by atoms with van der Waals surface area (Å²) in [6, 6.07) is 8.79. The number of pyridine rings is 1. The van der Waals surface area contributed by atoms with Crippen LogP contribution < -0.4 is 5.56 Å². The molecule has 1 aromatic carbocycles. The molecular weight excluding hydrogens is 505 g/mol. The number of aryl methyl sites for hydroxylation is 1. The van der Waals surface area contributed by atoms with E-state index in [0.717, 1.165) is 67.3 Å². The highest BCUT2D eigenvalue weighted by Crippen LogP contribution is 2.53. The van der Waals surface area contributed by atoms with Crippen molar-refractivity contribution in [2.75, 3.05) is 13.1 Å². The minimum Gasteiger partial charge on any atom is -0.353 e. The Balaban J connectivity index is 1.29. The van der Waals surface area contributed by atoms with Crippen molar-refractivity contribution in [1.82, 2.24) is 29.2 Å². The highest BCUT2D eigenvalue weighted by Gasteiger charge is 2.45. The van der Waals surface area contributed by atoms with Crippen molar-refractivity contribution in [3.05, 3.63) is 75.9 Å². The zero-order valence-electron chi connectivity index (χ0n) is 21.9. The summed E-state index contributed by atoms with van der Waals surface area (Å²) in [5, 5.41) is 8.32. The van der Waals surface area contributed by atoms with Gasteiger partial charge in [-0.2, -0.15) is 13.2 Å². The first-order valence-corrected chi connectivity index (χ1v) is 13.7. The smallest absolute Gasteiger partial charge is 0.353 e. The number of benzene rings is 1. The van der Waals surface area contributed by atoms with Crippen LogP contribution in [0.1, 0.15) is 67.6 Å². The predicted octanol–water partition coefficient (Wildman–Crippen LogP) is 5.31. The molecule has 0 radical (unpaired) electrons. The fraction of sp³-hybridized carbons (Fsp3) is 0.483. The number of rotatable bonds is 5. The second-order valence-corrected chi connectivity index (χ2v) is 11.8. The molecule has 1 N–H and O–H groups in total. The third kappa shape index (κ3) is 4.02. The lowest BCUT2D eigenvalue weighted by molar-refractivity contribution is -0.136. The average Bonchev–Trinajstić information content (AvgIpc) is 3.27. The second-order valence-electron chi connectivity index (χ2n) is 11.8. The number of piperidine rings is 1. The van der Waals surface area contributed by atoms with Crippen LogP contribution in [-0.4, -0.2) is 42.3 Å². The van der Waals surface area contributed by atoms with Gasteiger partial charge in [-0.3, -0.25) is 14.3 Å². The number of fused-ring (bicyclic) bond motifs is 1. The molecule has 2 saturated carbocycles. The number of alkyl halides is 3. The number of aromatic nitrogens is 5. The summed E-state index contributed by atoms with van der Waals surface area (Å²) in [5.74, 6) is 0.823. The van der Waals surface area contributed by atoms with E-state index in [1.165, 1.54) is 18.9 Å². The minimum atomic E-state index is -4.61. The molecule has 204 valence electrons. The summed E-state index contributed by atoms with van der Waals surface area (Å²) in [7, 11) is 1.89. The van der Waals surface area contributed by atoms with Gasteiger partial charge in [0.05, 0.1) is 11.0 Å². The minimum absolute atomic E-state index is 0.00689. The summed E-state index contributed by atoms with van der Waals surface area (Å²) in [6.45, 7) is 2.38. The summed E-state index contributed by atoms with van der Waals surface area (Å²) >= 11 is 0. The Morgan fingerprint density at radius 2 is 1.82 bits per heavy atom. The Morgan fingerprint density at radius 3 is 2.44 bits per heavy atom. The maximum Gasteiger partial charge on any atom is 0.418 e. The van der Waals surface area contributed by atoms with Crippen LogP contribution >= 0.6 is 0 Å². The molecule has 1 aliphatic heterocycles. The predicted molar refractivity (Wildman–Crippen MR) is 141 cm³/mol. The Labute approximate surface area is 223 Å². The molecule has 7 rings (SSSR count). The highest BCUT2D eigenvalue weighted by molar-refractivity contribution is 5.84. The van der Waals surface area contributed by atoms with E-state index in [1.807, 2.05) is 23.7 Å². The molecule has 3 fully saturated rings. The first kappa shape index (κ1) is 24.6. The maximum atomic E-state index is 14.3. The zero-order valence-corrected chi connectivity index (χ0v) is 21.9. The van der Waals surface area contributed by atoms with Crippen molar-refractivity contribution in [3.63, 3.8) is 0 Å². The van der Waals surface area contributed by atoms with Crippen LogP contribution in [0, 0.1) is 5.41 Å². The topological polar surface area (TPSA) is 71.7 Å². The van der Waals surface area contributed by atoms with Gasteiger partial charge in [-0.05, 0) is 80.8 Å². The number of H-pyrrole nitrogens is 1. The Morgan fingerprint density at radius 1 is 1.05 bits per heavy atom. The van der Waals surface area contributed by atoms with Crippen LogP contribution in [0.15, 0.2) is 47.7 Å². The number of aromatic amines is 1. The Hall–Kier alpha value is -3.40. The van der Waals surface area contributed by atoms with Crippen LogP contribution in [0.5, 0.6) is 0 Å². The van der Waals surface area contributed by atoms with Crippen molar-refractivity contribution in [3.8, 4) is 5.69 Å². The molecule has 3 aliphatic rings. The van der Waals surface area contributed by atoms with E-state index in [9.17, 15) is 18.0 Å². The fourth-order valence-electron chi connectivity index (χ4n) is 6.72. The fourth-order valence-corrected chi connectivity index (χ4v) is 6.72. The van der Waals surface area contributed by atoms with E-state index < -0.39 is 17.3 Å². The van der Waals surface area contributed by atoms with Gasteiger partial charge in [-0.25, -0.2) is 0 Å². The lowest BCUT2D eigenvalue weighted by atomic mass is 9.63. The molecule has 1 spiro atoms. The quantitative estimate of drug-likeness (QED) is 0.375. The number of hydrogen-bond donors (Lipinski definition) is 1. The molecule has 4 heterocycles. The molecule has 39 heavy (non-hydrogen) atoms. The Kier molecular flexibility index (Phi) is 5.40. The first-order chi connectivity index (χ1) is 18.7. The third-order valence-electron chi connectivity index (χ3n) is 9.45. The van der Waals surface area contributed by atoms with Crippen LogP contribution in [0.25, 0.3) is 16.6 Å². The highest BCUT2D eigenvalue weighted by atomic mass is 19.4. The summed E-state index contributed by atoms with van der Waals surface area (Å²) < 4.78 is 46.0. The summed E-state index contributed by atoms with van der Waals surface area (Å²) in [4.78, 5) is 19.0. The molecule has 2 aliphatic carbocycles. The van der Waals surface area contributed by atoms with Crippen molar-refractivity contribution < 1.29 is 13.2 Å². The van der Waals surface area contributed by atoms with Gasteiger partial charge in [0.15, 0.2) is 0 Å². The van der Waals surface area contributed by atoms with Gasteiger partial charge >= 0.3 is 6.18 Å². The third-order valence-corrected chi connectivity index (χ3v) is 9.45. The van der Waals surface area contributed by atoms with Crippen molar-refractivity contribution >= 4 is 10.9 Å². The van der Waals surface area contributed by atoms with Crippen molar-refractivity contribution in [2.45, 2.75) is 63.1 Å². The van der Waals surface area contributed by atoms with Crippen LogP contribution in [-0.2, 0) is 25.2 Å². The summed E-state index contributed by atoms with van der Waals surface area (Å²) in [6.07, 6.45) is 5.61. The lowest BCUT2D eigenvalue weighted by Gasteiger charge is -2.41. The molecule has 10 heteroatoms. The van der Waals surface area contributed by atoms with E-state index in [2.05, 4.69) is 20.1 Å². The van der Waals surface area contributed by atoms with E-state index in [0.29, 0.717) is 23.3 Å². The monoisotopic (exact) mass is 536 g/mol. The molecule has 3 aromatic heterocycles. The van der Waals surface area contributed by atoms with Crippen LogP contribution in [0.2, 0.25) is 0 Å². The number of likely N-dealkylation sites (tertiary alicyclic amines) is 1. The maximum absolute atomic E-state index is 14.3. The molecule has 0 unspecified atom stereocenters. The molecule has 0 amide bonds. The molecule has 0 atom stereocenters. The largest absolute Gasteiger partial charge is 0.418 e. The molecule has 4 aromatic rings. The standard InChI is InChI=1S/C29H31F3N6O/c1-36-18-33-35-26(36)28(6-3-7-28)19-4-2-5-21(14-19)38-17-23(29(30,31)32)22-15-20(34-24(22)25(38)39)16-37-12-10-27(8-9-27)11-13-37/h2,4-5,14-15,17-18,34H,3,6-13,16H2,1H3. The molecule has 7 nitrogen and oxygen atoms in total. The van der Waals surface area contributed by atoms with E-state index >= 15 is 0 Å². The first-order valence-electron chi connectivity index (χ1n) is 13.7. The van der Waals surface area contributed by atoms with Gasteiger partial charge in [-0.1, -0.05) is 18.6 Å². The normalized spacial score (nSPS) is 20.4. The second kappa shape index (κ2) is 8.55. The van der Waals surface area contributed by atoms with Crippen LogP contribution in [0.3, 0.4) is 0 Å². The van der Waals surface area contributed by atoms with Gasteiger partial charge < -0.3 is 9.55 Å². The van der Waals surface area contributed by atoms with E-state index in [-0.39, 0.29) is 16.3 Å². The van der Waals surface area contributed by atoms with Gasteiger partial charge in [0.2, 0.25) is 0 Å². The number of nitrogens with zero attached hydrogens (tertiary/aromatic N) is 5. The van der Waals surface area contributed by atoms with E-state index in [1.54, 1.807) is 18.5 Å². The number of nitrogens with one attached hydrogen (secondary N) is 1. The van der Waals surface area contributed by atoms with Gasteiger partial charge in [-0.15, -0.1) is 10.2 Å². The average molecular weight is 537 g/mol. The SMILES string of the molecule is Cn1cnnc1C1(c2cccc(-n3cc(C(F)(F)F)c4cc(CN5CCC6(CC5)CC6)[nH]c4c3=O)c2)CCC1. The molecule has 0 bridgehead atoms. The van der Waals surface area contributed by atoms with Crippen molar-refractivity contribution in [2.24, 2.45) is 12.5 Å².